The maximum atomic E-state index is 5.69. The molecule has 200 valence electrons. The smallest absolute Gasteiger partial charge is 0.114 e. The number of benzene rings is 4. The number of aromatic nitrogens is 12. The van der Waals surface area contributed by atoms with Crippen molar-refractivity contribution < 1.29 is 0 Å². The van der Waals surface area contributed by atoms with Gasteiger partial charge >= 0.3 is 0 Å². The van der Waals surface area contributed by atoms with Gasteiger partial charge in [0.1, 0.15) is 44.1 Å². The van der Waals surface area contributed by atoms with Crippen molar-refractivity contribution in [3.63, 3.8) is 0 Å². The molecule has 0 atom stereocenters. The molecule has 0 radical (unpaired) electrons. The van der Waals surface area contributed by atoms with Crippen LogP contribution in [0.2, 0.25) is 5.02 Å². The van der Waals surface area contributed by atoms with Gasteiger partial charge in [0, 0.05) is 5.02 Å². The fraction of sp³-hybridized carbons (Fsp3) is 0.111. The van der Waals surface area contributed by atoms with Gasteiger partial charge in [-0.1, -0.05) is 29.8 Å². The minimum Gasteiger partial charge on any atom is -0.197 e. The van der Waals surface area contributed by atoms with E-state index in [1.807, 2.05) is 67.6 Å². The lowest BCUT2D eigenvalue weighted by Gasteiger charge is -1.95. The Labute approximate surface area is 232 Å². The Balaban J connectivity index is 0.000000108. The van der Waals surface area contributed by atoms with Crippen LogP contribution in [0.1, 0.15) is 16.7 Å². The summed E-state index contributed by atoms with van der Waals surface area (Å²) in [5.74, 6) is 0. The summed E-state index contributed by atoms with van der Waals surface area (Å²) in [6.45, 7) is 6.18. The predicted molar refractivity (Wildman–Crippen MR) is 155 cm³/mol. The highest BCUT2D eigenvalue weighted by atomic mass is 35.5. The molecule has 0 saturated heterocycles. The average molecular weight is 553 g/mol. The zero-order valence-electron chi connectivity index (χ0n) is 21.9. The first kappa shape index (κ1) is 26.4. The number of aryl methyl sites for hydroxylation is 3. The van der Waals surface area contributed by atoms with E-state index in [9.17, 15) is 0 Å². The van der Waals surface area contributed by atoms with E-state index >= 15 is 0 Å². The minimum absolute atomic E-state index is 0.682. The number of rotatable bonds is 0. The van der Waals surface area contributed by atoms with Crippen LogP contribution < -0.4 is 0 Å². The maximum absolute atomic E-state index is 5.69. The van der Waals surface area contributed by atoms with Gasteiger partial charge in [-0.2, -0.15) is 61.6 Å². The summed E-state index contributed by atoms with van der Waals surface area (Å²) >= 11 is 5.69. The lowest BCUT2D eigenvalue weighted by atomic mass is 10.1. The van der Waals surface area contributed by atoms with E-state index in [2.05, 4.69) is 75.5 Å². The molecule has 0 saturated carbocycles. The fourth-order valence-electron chi connectivity index (χ4n) is 3.65. The molecule has 0 aliphatic carbocycles. The molecule has 4 aromatic heterocycles. The van der Waals surface area contributed by atoms with Crippen molar-refractivity contribution in [2.24, 2.45) is 0 Å². The SMILES string of the molecule is Cc1cc2n[nH]nc2cc1C.Cc1ccc2n[nH]nc2c1.Clc1ccc2n[nH]nc2c1.c1ccc2n[nH]nc2c1. The van der Waals surface area contributed by atoms with Gasteiger partial charge in [-0.3, -0.25) is 0 Å². The summed E-state index contributed by atoms with van der Waals surface area (Å²) in [4.78, 5) is 0. The molecule has 8 aromatic rings. The van der Waals surface area contributed by atoms with Crippen molar-refractivity contribution in [2.75, 3.05) is 0 Å². The highest BCUT2D eigenvalue weighted by molar-refractivity contribution is 6.31. The number of hydrogen-bond donors (Lipinski definition) is 4. The standard InChI is InChI=1S/C8H9N3.C7H7N3.C6H4ClN3.C6H5N3/c1-5-3-7-8(4-6(5)2)10-11-9-7;1-5-2-3-6-7(4-5)9-10-8-6;7-4-1-2-5-6(3-4)9-10-8-5;1-2-4-6-5(3-1)7-9-8-6/h3-4H,1-2H3,(H,9,10,11);2-4H,1H3,(H,8,9,10);1-3H,(H,8,9,10);1-4H,(H,7,8,9). The third-order valence-corrected chi connectivity index (χ3v) is 6.14. The third kappa shape index (κ3) is 6.42. The van der Waals surface area contributed by atoms with Gasteiger partial charge in [-0.05, 0) is 92.1 Å². The van der Waals surface area contributed by atoms with E-state index in [0.717, 1.165) is 44.1 Å². The normalized spacial score (nSPS) is 10.5. The predicted octanol–water partition coefficient (Wildman–Crippen LogP) is 5.41. The molecule has 0 spiro atoms. The van der Waals surface area contributed by atoms with E-state index in [-0.39, 0.29) is 0 Å². The van der Waals surface area contributed by atoms with Gasteiger partial charge in [0.2, 0.25) is 0 Å². The van der Waals surface area contributed by atoms with Crippen LogP contribution in [0.15, 0.2) is 72.8 Å². The molecule has 0 aliphatic heterocycles. The molecule has 12 nitrogen and oxygen atoms in total. The van der Waals surface area contributed by atoms with Gasteiger partial charge in [-0.15, -0.1) is 0 Å². The van der Waals surface area contributed by atoms with E-state index < -0.39 is 0 Å². The molecule has 4 aromatic carbocycles. The minimum atomic E-state index is 0.682. The topological polar surface area (TPSA) is 166 Å². The second-order valence-corrected chi connectivity index (χ2v) is 9.27. The summed E-state index contributed by atoms with van der Waals surface area (Å²) in [6.07, 6.45) is 0. The lowest BCUT2D eigenvalue weighted by molar-refractivity contribution is 0.959. The zero-order chi connectivity index (χ0) is 27.9. The van der Waals surface area contributed by atoms with Crippen LogP contribution in [0.3, 0.4) is 0 Å². The number of aromatic amines is 4. The number of halogens is 1. The molecule has 0 bridgehead atoms. The van der Waals surface area contributed by atoms with Crippen LogP contribution in [0, 0.1) is 20.8 Å². The number of para-hydroxylation sites is 2. The second kappa shape index (κ2) is 12.1. The highest BCUT2D eigenvalue weighted by Crippen LogP contribution is 2.15. The summed E-state index contributed by atoms with van der Waals surface area (Å²) < 4.78 is 0. The molecular weight excluding hydrogens is 528 g/mol. The largest absolute Gasteiger partial charge is 0.197 e. The van der Waals surface area contributed by atoms with Gasteiger partial charge < -0.3 is 0 Å². The molecule has 4 heterocycles. The van der Waals surface area contributed by atoms with Crippen LogP contribution in [0.25, 0.3) is 44.1 Å². The summed E-state index contributed by atoms with van der Waals surface area (Å²) in [5.41, 5.74) is 10.9. The lowest BCUT2D eigenvalue weighted by Crippen LogP contribution is -1.79. The first-order chi connectivity index (χ1) is 19.5. The molecular formula is C27H25ClN12. The van der Waals surface area contributed by atoms with Crippen LogP contribution in [0.5, 0.6) is 0 Å². The van der Waals surface area contributed by atoms with Gasteiger partial charge in [0.05, 0.1) is 0 Å². The highest BCUT2D eigenvalue weighted by Gasteiger charge is 2.00. The van der Waals surface area contributed by atoms with Crippen LogP contribution >= 0.6 is 11.6 Å². The number of fused-ring (bicyclic) bond motifs is 4. The summed E-state index contributed by atoms with van der Waals surface area (Å²) in [5, 5.41) is 42.2. The molecule has 0 amide bonds. The Bertz CT molecular complexity index is 1850. The maximum Gasteiger partial charge on any atom is 0.114 e. The van der Waals surface area contributed by atoms with Crippen molar-refractivity contribution in [3.05, 3.63) is 94.5 Å². The van der Waals surface area contributed by atoms with E-state index in [1.165, 1.54) is 16.7 Å². The number of H-pyrrole nitrogens is 4. The van der Waals surface area contributed by atoms with Crippen molar-refractivity contribution in [1.82, 2.24) is 61.6 Å². The Morgan fingerprint density at radius 3 is 1.30 bits per heavy atom. The van der Waals surface area contributed by atoms with Crippen molar-refractivity contribution in [2.45, 2.75) is 20.8 Å². The molecule has 0 aliphatic rings. The molecule has 0 fully saturated rings. The van der Waals surface area contributed by atoms with Crippen molar-refractivity contribution in [1.29, 1.82) is 0 Å². The number of nitrogens with zero attached hydrogens (tertiary/aromatic N) is 8. The van der Waals surface area contributed by atoms with Crippen LogP contribution in [-0.2, 0) is 0 Å². The Kier molecular flexibility index (Phi) is 7.97. The Hall–Kier alpha value is -5.23. The molecule has 13 heteroatoms. The van der Waals surface area contributed by atoms with Crippen molar-refractivity contribution in [3.8, 4) is 0 Å². The number of hydrogen-bond acceptors (Lipinski definition) is 8. The summed E-state index contributed by atoms with van der Waals surface area (Å²) in [7, 11) is 0. The first-order valence-corrected chi connectivity index (χ1v) is 12.6. The fourth-order valence-corrected chi connectivity index (χ4v) is 3.81. The zero-order valence-corrected chi connectivity index (χ0v) is 22.6. The third-order valence-electron chi connectivity index (χ3n) is 5.90. The second-order valence-electron chi connectivity index (χ2n) is 8.83. The Morgan fingerprint density at radius 2 is 0.800 bits per heavy atom. The average Bonchev–Trinajstić information content (AvgIpc) is 3.76. The van der Waals surface area contributed by atoms with Gasteiger partial charge in [0.15, 0.2) is 0 Å². The number of nitrogens with one attached hydrogen (secondary N) is 4. The molecule has 0 unspecified atom stereocenters. The van der Waals surface area contributed by atoms with E-state index in [4.69, 9.17) is 11.6 Å². The van der Waals surface area contributed by atoms with Gasteiger partial charge in [0.25, 0.3) is 0 Å². The van der Waals surface area contributed by atoms with E-state index in [0.29, 0.717) is 5.02 Å². The van der Waals surface area contributed by atoms with Crippen LogP contribution in [0.4, 0.5) is 0 Å². The van der Waals surface area contributed by atoms with Crippen LogP contribution in [-0.4, -0.2) is 61.6 Å². The Morgan fingerprint density at radius 1 is 0.425 bits per heavy atom. The monoisotopic (exact) mass is 552 g/mol. The van der Waals surface area contributed by atoms with Crippen molar-refractivity contribution >= 4 is 55.7 Å². The molecule has 4 N–H and O–H groups in total. The quantitative estimate of drug-likeness (QED) is 0.194. The first-order valence-electron chi connectivity index (χ1n) is 12.2. The molecule has 40 heavy (non-hydrogen) atoms. The van der Waals surface area contributed by atoms with E-state index in [1.54, 1.807) is 12.1 Å². The van der Waals surface area contributed by atoms with Gasteiger partial charge in [-0.25, -0.2) is 0 Å². The summed E-state index contributed by atoms with van der Waals surface area (Å²) in [6, 6.07) is 23.1. The molecule has 8 rings (SSSR count).